The summed E-state index contributed by atoms with van der Waals surface area (Å²) in [5.74, 6) is 0.609. The zero-order valence-electron chi connectivity index (χ0n) is 5.20. The molecule has 48 valence electrons. The highest BCUT2D eigenvalue weighted by atomic mass is 15.3. The van der Waals surface area contributed by atoms with Crippen LogP contribution < -0.4 is 0 Å². The van der Waals surface area contributed by atoms with Crippen LogP contribution >= 0.6 is 0 Å². The van der Waals surface area contributed by atoms with Crippen LogP contribution in [-0.2, 0) is 6.54 Å². The Kier molecular flexibility index (Phi) is 1.58. The number of nitrogens with zero attached hydrogens (tertiary/aromatic N) is 3. The van der Waals surface area contributed by atoms with E-state index >= 15 is 0 Å². The van der Waals surface area contributed by atoms with Gasteiger partial charge in [-0.05, 0) is 6.92 Å². The van der Waals surface area contributed by atoms with Crippen LogP contribution in [0.3, 0.4) is 0 Å². The SMILES string of the molecule is CCn1cnnc1C=N. The molecule has 1 heterocycles. The summed E-state index contributed by atoms with van der Waals surface area (Å²) < 4.78 is 1.80. The third kappa shape index (κ3) is 0.960. The molecule has 0 aliphatic heterocycles. The predicted octanol–water partition coefficient (Wildman–Crippen LogP) is 0.296. The third-order valence-electron chi connectivity index (χ3n) is 1.12. The maximum atomic E-state index is 6.86. The molecule has 1 rings (SSSR count). The van der Waals surface area contributed by atoms with E-state index in [-0.39, 0.29) is 0 Å². The molecule has 0 radical (unpaired) electrons. The summed E-state index contributed by atoms with van der Waals surface area (Å²) in [6, 6.07) is 0. The Balaban J connectivity index is 2.98. The first-order valence-electron chi connectivity index (χ1n) is 2.76. The molecule has 0 spiro atoms. The molecule has 1 aromatic heterocycles. The zero-order chi connectivity index (χ0) is 6.69. The van der Waals surface area contributed by atoms with Gasteiger partial charge in [0.1, 0.15) is 6.33 Å². The first-order chi connectivity index (χ1) is 4.38. The second kappa shape index (κ2) is 2.39. The van der Waals surface area contributed by atoms with Gasteiger partial charge in [0.2, 0.25) is 0 Å². The van der Waals surface area contributed by atoms with Crippen molar-refractivity contribution in [1.29, 1.82) is 5.41 Å². The number of aryl methyl sites for hydroxylation is 1. The summed E-state index contributed by atoms with van der Waals surface area (Å²) >= 11 is 0. The molecule has 0 saturated carbocycles. The minimum Gasteiger partial charge on any atom is -0.313 e. The molecule has 9 heavy (non-hydrogen) atoms. The Morgan fingerprint density at radius 2 is 2.67 bits per heavy atom. The molecule has 0 aromatic carbocycles. The van der Waals surface area contributed by atoms with Gasteiger partial charge in [-0.15, -0.1) is 10.2 Å². The molecule has 0 saturated heterocycles. The van der Waals surface area contributed by atoms with Crippen molar-refractivity contribution in [2.45, 2.75) is 13.5 Å². The lowest BCUT2D eigenvalue weighted by atomic mass is 10.6. The summed E-state index contributed by atoms with van der Waals surface area (Å²) in [5.41, 5.74) is 0. The molecule has 0 aliphatic rings. The summed E-state index contributed by atoms with van der Waals surface area (Å²) in [6.07, 6.45) is 2.80. The molecule has 0 aliphatic carbocycles. The molecule has 1 aromatic rings. The van der Waals surface area contributed by atoms with Gasteiger partial charge in [0.25, 0.3) is 0 Å². The average Bonchev–Trinajstić information content (AvgIpc) is 2.33. The van der Waals surface area contributed by atoms with E-state index in [9.17, 15) is 0 Å². The van der Waals surface area contributed by atoms with E-state index in [0.717, 1.165) is 6.54 Å². The van der Waals surface area contributed by atoms with E-state index in [1.807, 2.05) is 6.92 Å². The Morgan fingerprint density at radius 1 is 1.89 bits per heavy atom. The first kappa shape index (κ1) is 5.94. The van der Waals surface area contributed by atoms with Crippen LogP contribution in [0.15, 0.2) is 6.33 Å². The lowest BCUT2D eigenvalue weighted by Gasteiger charge is -1.93. The number of rotatable bonds is 2. The predicted molar refractivity (Wildman–Crippen MR) is 33.6 cm³/mol. The van der Waals surface area contributed by atoms with Crippen molar-refractivity contribution in [1.82, 2.24) is 14.8 Å². The largest absolute Gasteiger partial charge is 0.313 e. The maximum Gasteiger partial charge on any atom is 0.174 e. The highest BCUT2D eigenvalue weighted by Crippen LogP contribution is 1.88. The summed E-state index contributed by atoms with van der Waals surface area (Å²) in [5, 5.41) is 14.2. The van der Waals surface area contributed by atoms with Crippen LogP contribution in [0.2, 0.25) is 0 Å². The van der Waals surface area contributed by atoms with Gasteiger partial charge in [0.15, 0.2) is 5.82 Å². The topological polar surface area (TPSA) is 54.6 Å². The average molecular weight is 124 g/mol. The number of hydrogen-bond donors (Lipinski definition) is 1. The van der Waals surface area contributed by atoms with Crippen LogP contribution in [0, 0.1) is 5.41 Å². The van der Waals surface area contributed by atoms with E-state index in [2.05, 4.69) is 10.2 Å². The summed E-state index contributed by atoms with van der Waals surface area (Å²) in [4.78, 5) is 0. The Morgan fingerprint density at radius 3 is 3.11 bits per heavy atom. The summed E-state index contributed by atoms with van der Waals surface area (Å²) in [6.45, 7) is 2.80. The Labute approximate surface area is 53.0 Å². The Bertz CT molecular complexity index is 202. The molecule has 1 N–H and O–H groups in total. The van der Waals surface area contributed by atoms with Gasteiger partial charge in [-0.3, -0.25) is 0 Å². The Hall–Kier alpha value is -1.19. The van der Waals surface area contributed by atoms with Crippen LogP contribution in [0.4, 0.5) is 0 Å². The van der Waals surface area contributed by atoms with Gasteiger partial charge in [-0.2, -0.15) is 0 Å². The number of hydrogen-bond acceptors (Lipinski definition) is 3. The van der Waals surface area contributed by atoms with E-state index < -0.39 is 0 Å². The van der Waals surface area contributed by atoms with E-state index in [1.165, 1.54) is 6.21 Å². The quantitative estimate of drug-likeness (QED) is 0.576. The molecular formula is C5H8N4. The molecule has 0 unspecified atom stereocenters. The molecule has 0 fully saturated rings. The highest BCUT2D eigenvalue weighted by Gasteiger charge is 1.94. The van der Waals surface area contributed by atoms with Gasteiger partial charge in [-0.25, -0.2) is 0 Å². The van der Waals surface area contributed by atoms with Gasteiger partial charge in [0.05, 0.1) is 6.21 Å². The van der Waals surface area contributed by atoms with E-state index in [4.69, 9.17) is 5.41 Å². The van der Waals surface area contributed by atoms with Crippen LogP contribution in [-0.4, -0.2) is 21.0 Å². The van der Waals surface area contributed by atoms with Crippen molar-refractivity contribution in [3.05, 3.63) is 12.2 Å². The van der Waals surface area contributed by atoms with Crippen molar-refractivity contribution in [2.75, 3.05) is 0 Å². The number of nitrogens with one attached hydrogen (secondary N) is 1. The molecule has 4 nitrogen and oxygen atoms in total. The lowest BCUT2D eigenvalue weighted by molar-refractivity contribution is 0.752. The van der Waals surface area contributed by atoms with Crippen LogP contribution in [0.25, 0.3) is 0 Å². The van der Waals surface area contributed by atoms with Crippen LogP contribution in [0.5, 0.6) is 0 Å². The minimum atomic E-state index is 0.609. The van der Waals surface area contributed by atoms with Crippen molar-refractivity contribution in [3.63, 3.8) is 0 Å². The number of aromatic nitrogens is 3. The zero-order valence-corrected chi connectivity index (χ0v) is 5.20. The van der Waals surface area contributed by atoms with Gasteiger partial charge in [-0.1, -0.05) is 0 Å². The van der Waals surface area contributed by atoms with Crippen molar-refractivity contribution in [3.8, 4) is 0 Å². The normalized spacial score (nSPS) is 9.44. The molecule has 0 atom stereocenters. The fourth-order valence-electron chi connectivity index (χ4n) is 0.619. The van der Waals surface area contributed by atoms with Gasteiger partial charge < -0.3 is 9.98 Å². The maximum absolute atomic E-state index is 6.86. The smallest absolute Gasteiger partial charge is 0.174 e. The minimum absolute atomic E-state index is 0.609. The van der Waals surface area contributed by atoms with E-state index in [0.29, 0.717) is 5.82 Å². The van der Waals surface area contributed by atoms with Gasteiger partial charge >= 0.3 is 0 Å². The van der Waals surface area contributed by atoms with E-state index in [1.54, 1.807) is 10.9 Å². The highest BCUT2D eigenvalue weighted by molar-refractivity contribution is 5.71. The fraction of sp³-hybridized carbons (Fsp3) is 0.400. The van der Waals surface area contributed by atoms with Crippen LogP contribution in [0.1, 0.15) is 12.7 Å². The lowest BCUT2D eigenvalue weighted by Crippen LogP contribution is -1.98. The molecular weight excluding hydrogens is 116 g/mol. The molecule has 0 bridgehead atoms. The van der Waals surface area contributed by atoms with Gasteiger partial charge in [0, 0.05) is 6.54 Å². The first-order valence-corrected chi connectivity index (χ1v) is 2.76. The third-order valence-corrected chi connectivity index (χ3v) is 1.12. The molecule has 0 amide bonds. The molecule has 4 heteroatoms. The monoisotopic (exact) mass is 124 g/mol. The van der Waals surface area contributed by atoms with Crippen molar-refractivity contribution >= 4 is 6.21 Å². The fourth-order valence-corrected chi connectivity index (χ4v) is 0.619. The second-order valence-corrected chi connectivity index (χ2v) is 1.62. The standard InChI is InChI=1S/C5H8N4/c1-2-9-4-7-8-5(9)3-6/h3-4,6H,2H2,1H3. The van der Waals surface area contributed by atoms with Crippen molar-refractivity contribution < 1.29 is 0 Å². The van der Waals surface area contributed by atoms with Crippen molar-refractivity contribution in [2.24, 2.45) is 0 Å². The second-order valence-electron chi connectivity index (χ2n) is 1.62. The summed E-state index contributed by atoms with van der Waals surface area (Å²) in [7, 11) is 0.